The lowest BCUT2D eigenvalue weighted by atomic mass is 10.1. The summed E-state index contributed by atoms with van der Waals surface area (Å²) in [6.07, 6.45) is 1.70. The second kappa shape index (κ2) is 6.42. The van der Waals surface area contributed by atoms with Crippen LogP contribution in [0.15, 0.2) is 51.9 Å². The van der Waals surface area contributed by atoms with Gasteiger partial charge in [-0.05, 0) is 28.1 Å². The number of rotatable bonds is 4. The molecule has 0 radical (unpaired) electrons. The zero-order chi connectivity index (χ0) is 16.4. The predicted octanol–water partition coefficient (Wildman–Crippen LogP) is 3.22. The molecule has 2 aromatic carbocycles. The van der Waals surface area contributed by atoms with Gasteiger partial charge < -0.3 is 9.47 Å². The van der Waals surface area contributed by atoms with Gasteiger partial charge in [-0.15, -0.1) is 0 Å². The Kier molecular flexibility index (Phi) is 4.34. The molecule has 0 saturated carbocycles. The third kappa shape index (κ3) is 2.94. The molecule has 3 aromatic rings. The monoisotopic (exact) mass is 374 g/mol. The van der Waals surface area contributed by atoms with Gasteiger partial charge in [0.2, 0.25) is 0 Å². The van der Waals surface area contributed by atoms with E-state index in [0.717, 1.165) is 15.4 Å². The molecule has 0 aliphatic rings. The molecule has 0 unspecified atom stereocenters. The van der Waals surface area contributed by atoms with Gasteiger partial charge in [0.05, 0.1) is 36.8 Å². The van der Waals surface area contributed by atoms with Gasteiger partial charge in [-0.3, -0.25) is 4.79 Å². The Labute approximate surface area is 141 Å². The van der Waals surface area contributed by atoms with Crippen molar-refractivity contribution in [3.05, 3.63) is 63.0 Å². The second-order valence-corrected chi connectivity index (χ2v) is 5.85. The maximum Gasteiger partial charge on any atom is 0.274 e. The molecule has 5 nitrogen and oxygen atoms in total. The Bertz CT molecular complexity index is 921. The van der Waals surface area contributed by atoms with Crippen molar-refractivity contribution in [3.8, 4) is 11.5 Å². The summed E-state index contributed by atoms with van der Waals surface area (Å²) < 4.78 is 12.9. The molecule has 118 valence electrons. The van der Waals surface area contributed by atoms with Crippen molar-refractivity contribution in [3.63, 3.8) is 0 Å². The van der Waals surface area contributed by atoms with E-state index in [9.17, 15) is 4.79 Å². The van der Waals surface area contributed by atoms with Crippen LogP contribution in [0.25, 0.3) is 10.8 Å². The highest BCUT2D eigenvalue weighted by atomic mass is 79.9. The molecule has 1 heterocycles. The van der Waals surface area contributed by atoms with Crippen molar-refractivity contribution in [1.82, 2.24) is 9.78 Å². The van der Waals surface area contributed by atoms with E-state index in [2.05, 4.69) is 21.0 Å². The number of methoxy groups -OCH3 is 2. The van der Waals surface area contributed by atoms with Gasteiger partial charge in [0.15, 0.2) is 0 Å². The number of halogens is 1. The number of hydrogen-bond acceptors (Lipinski definition) is 4. The van der Waals surface area contributed by atoms with Gasteiger partial charge in [-0.1, -0.05) is 18.2 Å². The van der Waals surface area contributed by atoms with E-state index in [0.29, 0.717) is 23.4 Å². The molecule has 0 saturated heterocycles. The number of aromatic nitrogens is 2. The van der Waals surface area contributed by atoms with E-state index in [-0.39, 0.29) is 5.56 Å². The topological polar surface area (TPSA) is 53.4 Å². The fourth-order valence-corrected chi connectivity index (χ4v) is 3.00. The SMILES string of the molecule is COc1cc(OC)c(Cn2ncc3ccccc3c2=O)cc1Br. The number of ether oxygens (including phenoxy) is 2. The summed E-state index contributed by atoms with van der Waals surface area (Å²) in [4.78, 5) is 12.6. The summed E-state index contributed by atoms with van der Waals surface area (Å²) in [5.41, 5.74) is 0.710. The highest BCUT2D eigenvalue weighted by Crippen LogP contribution is 2.33. The van der Waals surface area contributed by atoms with E-state index in [1.165, 1.54) is 4.68 Å². The normalized spacial score (nSPS) is 10.7. The standard InChI is InChI=1S/C17H15BrN2O3/c1-22-15-8-16(23-2)14(18)7-12(15)10-20-17(21)13-6-4-3-5-11(13)9-19-20/h3-9H,10H2,1-2H3. The molecular weight excluding hydrogens is 360 g/mol. The molecule has 0 atom stereocenters. The van der Waals surface area contributed by atoms with Gasteiger partial charge in [0.25, 0.3) is 5.56 Å². The van der Waals surface area contributed by atoms with Crippen LogP contribution in [-0.2, 0) is 6.54 Å². The summed E-state index contributed by atoms with van der Waals surface area (Å²) in [7, 11) is 3.18. The van der Waals surface area contributed by atoms with Crippen molar-refractivity contribution in [1.29, 1.82) is 0 Å². The molecule has 0 fully saturated rings. The average Bonchev–Trinajstić information content (AvgIpc) is 2.58. The number of fused-ring (bicyclic) bond motifs is 1. The molecule has 3 rings (SSSR count). The molecule has 6 heteroatoms. The van der Waals surface area contributed by atoms with Crippen LogP contribution in [0.4, 0.5) is 0 Å². The molecule has 1 aromatic heterocycles. The molecule has 0 spiro atoms. The zero-order valence-corrected chi connectivity index (χ0v) is 14.3. The van der Waals surface area contributed by atoms with Crippen LogP contribution in [0.2, 0.25) is 0 Å². The highest BCUT2D eigenvalue weighted by molar-refractivity contribution is 9.10. The van der Waals surface area contributed by atoms with E-state index in [4.69, 9.17) is 9.47 Å². The minimum atomic E-state index is -0.128. The fourth-order valence-electron chi connectivity index (χ4n) is 2.45. The van der Waals surface area contributed by atoms with Crippen LogP contribution >= 0.6 is 15.9 Å². The summed E-state index contributed by atoms with van der Waals surface area (Å²) in [6, 6.07) is 11.1. The summed E-state index contributed by atoms with van der Waals surface area (Å²) in [5, 5.41) is 5.73. The number of hydrogen-bond donors (Lipinski definition) is 0. The molecule has 0 amide bonds. The van der Waals surface area contributed by atoms with Crippen LogP contribution in [0.1, 0.15) is 5.56 Å². The van der Waals surface area contributed by atoms with Gasteiger partial charge in [0, 0.05) is 17.0 Å². The van der Waals surface area contributed by atoms with E-state index in [1.807, 2.05) is 24.3 Å². The average molecular weight is 375 g/mol. The lowest BCUT2D eigenvalue weighted by Crippen LogP contribution is -2.23. The quantitative estimate of drug-likeness (QED) is 0.703. The minimum absolute atomic E-state index is 0.128. The van der Waals surface area contributed by atoms with Gasteiger partial charge in [-0.2, -0.15) is 5.10 Å². The van der Waals surface area contributed by atoms with E-state index >= 15 is 0 Å². The Hall–Kier alpha value is -2.34. The Morgan fingerprint density at radius 1 is 1.13 bits per heavy atom. The lowest BCUT2D eigenvalue weighted by Gasteiger charge is -2.13. The summed E-state index contributed by atoms with van der Waals surface area (Å²) >= 11 is 3.45. The summed E-state index contributed by atoms with van der Waals surface area (Å²) in [6.45, 7) is 0.315. The molecular formula is C17H15BrN2O3. The maximum absolute atomic E-state index is 12.6. The first-order valence-electron chi connectivity index (χ1n) is 6.99. The third-order valence-corrected chi connectivity index (χ3v) is 4.26. The predicted molar refractivity (Wildman–Crippen MR) is 92.4 cm³/mol. The van der Waals surface area contributed by atoms with Crippen molar-refractivity contribution >= 4 is 26.7 Å². The van der Waals surface area contributed by atoms with Crippen LogP contribution in [0.3, 0.4) is 0 Å². The molecule has 0 N–H and O–H groups in total. The van der Waals surface area contributed by atoms with Crippen LogP contribution in [0, 0.1) is 0 Å². The first-order chi connectivity index (χ1) is 11.1. The second-order valence-electron chi connectivity index (χ2n) is 4.99. The van der Waals surface area contributed by atoms with Crippen molar-refractivity contribution in [2.45, 2.75) is 6.54 Å². The lowest BCUT2D eigenvalue weighted by molar-refractivity contribution is 0.387. The Morgan fingerprint density at radius 3 is 2.61 bits per heavy atom. The fraction of sp³-hybridized carbons (Fsp3) is 0.176. The Balaban J connectivity index is 2.07. The third-order valence-electron chi connectivity index (χ3n) is 3.64. The van der Waals surface area contributed by atoms with Crippen molar-refractivity contribution < 1.29 is 9.47 Å². The van der Waals surface area contributed by atoms with Gasteiger partial charge in [0.1, 0.15) is 11.5 Å². The highest BCUT2D eigenvalue weighted by Gasteiger charge is 2.12. The number of nitrogens with zero attached hydrogens (tertiary/aromatic N) is 2. The number of benzene rings is 2. The van der Waals surface area contributed by atoms with Gasteiger partial charge in [-0.25, -0.2) is 4.68 Å². The van der Waals surface area contributed by atoms with Crippen LogP contribution < -0.4 is 15.0 Å². The molecule has 23 heavy (non-hydrogen) atoms. The zero-order valence-electron chi connectivity index (χ0n) is 12.7. The smallest absolute Gasteiger partial charge is 0.274 e. The van der Waals surface area contributed by atoms with Crippen molar-refractivity contribution in [2.75, 3.05) is 14.2 Å². The minimum Gasteiger partial charge on any atom is -0.496 e. The van der Waals surface area contributed by atoms with E-state index < -0.39 is 0 Å². The van der Waals surface area contributed by atoms with Crippen LogP contribution in [-0.4, -0.2) is 24.0 Å². The van der Waals surface area contributed by atoms with Crippen LogP contribution in [0.5, 0.6) is 11.5 Å². The first kappa shape index (κ1) is 15.6. The molecule has 0 aliphatic carbocycles. The molecule has 0 bridgehead atoms. The van der Waals surface area contributed by atoms with Crippen molar-refractivity contribution in [2.24, 2.45) is 0 Å². The van der Waals surface area contributed by atoms with E-state index in [1.54, 1.807) is 32.5 Å². The summed E-state index contributed by atoms with van der Waals surface area (Å²) in [5.74, 6) is 1.32. The molecule has 0 aliphatic heterocycles. The maximum atomic E-state index is 12.6. The van der Waals surface area contributed by atoms with Gasteiger partial charge >= 0.3 is 0 Å². The largest absolute Gasteiger partial charge is 0.496 e. The Morgan fingerprint density at radius 2 is 1.87 bits per heavy atom. The first-order valence-corrected chi connectivity index (χ1v) is 7.78.